The van der Waals surface area contributed by atoms with E-state index < -0.39 is 0 Å². The highest BCUT2D eigenvalue weighted by atomic mass is 16.2. The van der Waals surface area contributed by atoms with Crippen molar-refractivity contribution < 1.29 is 4.79 Å². The molecule has 0 radical (unpaired) electrons. The second kappa shape index (κ2) is 6.32. The van der Waals surface area contributed by atoms with E-state index in [0.717, 1.165) is 27.9 Å². The number of carbonyl (C=O) groups is 1. The number of hydrogen-bond donors (Lipinski definition) is 0. The van der Waals surface area contributed by atoms with Gasteiger partial charge in [0.25, 0.3) is 5.91 Å². The molecule has 1 amide bonds. The summed E-state index contributed by atoms with van der Waals surface area (Å²) < 4.78 is 0. The molecule has 4 heteroatoms. The maximum absolute atomic E-state index is 12.8. The Kier molecular flexibility index (Phi) is 3.86. The zero-order valence-corrected chi connectivity index (χ0v) is 13.9. The van der Waals surface area contributed by atoms with E-state index in [1.807, 2.05) is 66.9 Å². The highest BCUT2D eigenvalue weighted by Gasteiger charge is 2.33. The first kappa shape index (κ1) is 15.3. The largest absolute Gasteiger partial charge is 0.302 e. The van der Waals surface area contributed by atoms with E-state index in [0.29, 0.717) is 12.3 Å². The highest BCUT2D eigenvalue weighted by molar-refractivity contribution is 6.54. The van der Waals surface area contributed by atoms with Crippen LogP contribution in [0.4, 0.5) is 5.69 Å². The van der Waals surface area contributed by atoms with Crippen molar-refractivity contribution >= 4 is 17.3 Å². The summed E-state index contributed by atoms with van der Waals surface area (Å²) in [5, 5.41) is 0. The molecule has 4 nitrogen and oxygen atoms in total. The molecule has 1 aliphatic heterocycles. The van der Waals surface area contributed by atoms with Crippen molar-refractivity contribution in [1.82, 2.24) is 4.98 Å². The number of aliphatic imine (C=N–C) groups is 1. The summed E-state index contributed by atoms with van der Waals surface area (Å²) in [5.74, 6) is -0.0512. The minimum absolute atomic E-state index is 0.0512. The molecule has 0 bridgehead atoms. The number of aromatic nitrogens is 1. The van der Waals surface area contributed by atoms with Gasteiger partial charge in [-0.25, -0.2) is 0 Å². The molecule has 0 unspecified atom stereocenters. The lowest BCUT2D eigenvalue weighted by Gasteiger charge is -2.17. The molecule has 3 aromatic rings. The molecule has 0 saturated heterocycles. The van der Waals surface area contributed by atoms with Gasteiger partial charge in [-0.3, -0.25) is 14.8 Å². The van der Waals surface area contributed by atoms with E-state index in [9.17, 15) is 4.79 Å². The van der Waals surface area contributed by atoms with Gasteiger partial charge in [0.1, 0.15) is 5.71 Å². The van der Waals surface area contributed by atoms with Crippen LogP contribution in [-0.4, -0.2) is 23.7 Å². The molecule has 0 aliphatic carbocycles. The Hall–Kier alpha value is -3.27. The molecule has 0 spiro atoms. The molecule has 4 rings (SSSR count). The molecule has 25 heavy (non-hydrogen) atoms. The zero-order valence-electron chi connectivity index (χ0n) is 13.9. The molecule has 2 aromatic carbocycles. The van der Waals surface area contributed by atoms with Crippen molar-refractivity contribution in [1.29, 1.82) is 0 Å². The Morgan fingerprint density at radius 3 is 2.56 bits per heavy atom. The number of nitrogens with zero attached hydrogens (tertiary/aromatic N) is 3. The normalized spacial score (nSPS) is 14.8. The molecule has 0 atom stereocenters. The van der Waals surface area contributed by atoms with Crippen molar-refractivity contribution in [3.8, 4) is 11.1 Å². The lowest BCUT2D eigenvalue weighted by atomic mass is 10.0. The summed E-state index contributed by atoms with van der Waals surface area (Å²) in [5.41, 5.74) is 5.44. The second-order valence-electron chi connectivity index (χ2n) is 5.92. The fourth-order valence-corrected chi connectivity index (χ4v) is 3.17. The summed E-state index contributed by atoms with van der Waals surface area (Å²) in [6.07, 6.45) is 3.57. The summed E-state index contributed by atoms with van der Waals surface area (Å²) in [7, 11) is 1.67. The van der Waals surface area contributed by atoms with Crippen LogP contribution in [0.5, 0.6) is 0 Å². The third-order valence-corrected chi connectivity index (χ3v) is 4.39. The first-order valence-corrected chi connectivity index (χ1v) is 8.15. The van der Waals surface area contributed by atoms with Gasteiger partial charge < -0.3 is 4.90 Å². The molecular weight excluding hydrogens is 310 g/mol. The highest BCUT2D eigenvalue weighted by Crippen LogP contribution is 2.34. The molecule has 1 aliphatic rings. The molecule has 0 N–H and O–H groups in total. The smallest absolute Gasteiger partial charge is 0.277 e. The summed E-state index contributed by atoms with van der Waals surface area (Å²) in [6.45, 7) is 0.540. The standard InChI is InChI=1S/C21H17N3O/c1-22-20-18-12-16(17-8-5-11-23-13-17)9-10-19(18)24(21(20)25)14-15-6-3-2-4-7-15/h2-13H,14H2,1H3. The van der Waals surface area contributed by atoms with Gasteiger partial charge in [0.05, 0.1) is 12.2 Å². The number of rotatable bonds is 3. The monoisotopic (exact) mass is 327 g/mol. The van der Waals surface area contributed by atoms with E-state index in [4.69, 9.17) is 0 Å². The average molecular weight is 327 g/mol. The predicted molar refractivity (Wildman–Crippen MR) is 99.8 cm³/mol. The van der Waals surface area contributed by atoms with Gasteiger partial charge >= 0.3 is 0 Å². The molecule has 0 fully saturated rings. The van der Waals surface area contributed by atoms with E-state index >= 15 is 0 Å². The second-order valence-corrected chi connectivity index (χ2v) is 5.92. The number of carbonyl (C=O) groups excluding carboxylic acids is 1. The van der Waals surface area contributed by atoms with Crippen LogP contribution >= 0.6 is 0 Å². The van der Waals surface area contributed by atoms with Crippen molar-refractivity contribution in [2.45, 2.75) is 6.54 Å². The lowest BCUT2D eigenvalue weighted by Crippen LogP contribution is -2.29. The van der Waals surface area contributed by atoms with Crippen molar-refractivity contribution in [2.75, 3.05) is 11.9 Å². The number of fused-ring (bicyclic) bond motifs is 1. The maximum atomic E-state index is 12.8. The Bertz CT molecular complexity index is 949. The van der Waals surface area contributed by atoms with Gasteiger partial charge in [-0.2, -0.15) is 0 Å². The summed E-state index contributed by atoms with van der Waals surface area (Å²) >= 11 is 0. The Morgan fingerprint density at radius 2 is 1.84 bits per heavy atom. The number of hydrogen-bond acceptors (Lipinski definition) is 3. The number of benzene rings is 2. The molecule has 0 saturated carbocycles. The van der Waals surface area contributed by atoms with Crippen LogP contribution in [0.15, 0.2) is 78.0 Å². The van der Waals surface area contributed by atoms with Gasteiger partial charge in [0.2, 0.25) is 0 Å². The minimum Gasteiger partial charge on any atom is -0.302 e. The third kappa shape index (κ3) is 2.72. The fourth-order valence-electron chi connectivity index (χ4n) is 3.17. The minimum atomic E-state index is -0.0512. The van der Waals surface area contributed by atoms with E-state index in [-0.39, 0.29) is 5.91 Å². The number of pyridine rings is 1. The Balaban J connectivity index is 1.76. The van der Waals surface area contributed by atoms with Gasteiger partial charge in [-0.15, -0.1) is 0 Å². The molecule has 1 aromatic heterocycles. The van der Waals surface area contributed by atoms with E-state index in [2.05, 4.69) is 9.98 Å². The van der Waals surface area contributed by atoms with Crippen LogP contribution in [0.1, 0.15) is 11.1 Å². The van der Waals surface area contributed by atoms with Crippen LogP contribution in [0.2, 0.25) is 0 Å². The SMILES string of the molecule is CN=C1C(=O)N(Cc2ccccc2)c2ccc(-c3cccnc3)cc21. The zero-order chi connectivity index (χ0) is 17.2. The van der Waals surface area contributed by atoms with Crippen LogP contribution < -0.4 is 4.90 Å². The van der Waals surface area contributed by atoms with Crippen LogP contribution in [0.3, 0.4) is 0 Å². The van der Waals surface area contributed by atoms with Gasteiger partial charge in [-0.1, -0.05) is 42.5 Å². The lowest BCUT2D eigenvalue weighted by molar-refractivity contribution is -0.112. The topological polar surface area (TPSA) is 45.6 Å². The van der Waals surface area contributed by atoms with Crippen molar-refractivity contribution in [3.05, 3.63) is 84.2 Å². The van der Waals surface area contributed by atoms with Gasteiger partial charge in [0, 0.05) is 30.6 Å². The van der Waals surface area contributed by atoms with Crippen LogP contribution in [0, 0.1) is 0 Å². The number of amides is 1. The predicted octanol–water partition coefficient (Wildman–Crippen LogP) is 3.71. The Morgan fingerprint density at radius 1 is 1.00 bits per heavy atom. The van der Waals surface area contributed by atoms with E-state index in [1.54, 1.807) is 18.1 Å². The molecular formula is C21H17N3O. The summed E-state index contributed by atoms with van der Waals surface area (Å²) in [6, 6.07) is 20.0. The average Bonchev–Trinajstić information content (AvgIpc) is 2.94. The fraction of sp³-hybridized carbons (Fsp3) is 0.0952. The number of anilines is 1. The third-order valence-electron chi connectivity index (χ3n) is 4.39. The van der Waals surface area contributed by atoms with Gasteiger partial charge in [-0.05, 0) is 29.3 Å². The van der Waals surface area contributed by atoms with Crippen molar-refractivity contribution in [3.63, 3.8) is 0 Å². The first-order chi connectivity index (χ1) is 12.3. The maximum Gasteiger partial charge on any atom is 0.277 e. The Labute approximate surface area is 146 Å². The summed E-state index contributed by atoms with van der Waals surface area (Å²) in [4.78, 5) is 23.0. The molecule has 122 valence electrons. The van der Waals surface area contributed by atoms with Crippen LogP contribution in [0.25, 0.3) is 11.1 Å². The quantitative estimate of drug-likeness (QED) is 0.736. The van der Waals surface area contributed by atoms with Gasteiger partial charge in [0.15, 0.2) is 0 Å². The molecule has 2 heterocycles. The van der Waals surface area contributed by atoms with E-state index in [1.165, 1.54) is 0 Å². The van der Waals surface area contributed by atoms with Crippen LogP contribution in [-0.2, 0) is 11.3 Å². The van der Waals surface area contributed by atoms with Crippen molar-refractivity contribution in [2.24, 2.45) is 4.99 Å². The first-order valence-electron chi connectivity index (χ1n) is 8.15.